The second-order valence-electron chi connectivity index (χ2n) is 5.51. The van der Waals surface area contributed by atoms with Gasteiger partial charge in [0, 0.05) is 24.3 Å². The lowest BCUT2D eigenvalue weighted by molar-refractivity contribution is 0.292. The molecule has 3 heteroatoms. The maximum Gasteiger partial charge on any atom is 0.106 e. The quantitative estimate of drug-likeness (QED) is 0.850. The fraction of sp³-hybridized carbons (Fsp3) is 0.562. The Morgan fingerprint density at radius 1 is 1.32 bits per heavy atom. The Morgan fingerprint density at radius 2 is 2.00 bits per heavy atom. The van der Waals surface area contributed by atoms with Gasteiger partial charge >= 0.3 is 0 Å². The third kappa shape index (κ3) is 3.08. The first-order chi connectivity index (χ1) is 9.15. The highest BCUT2D eigenvalue weighted by Crippen LogP contribution is 2.33. The topological polar surface area (TPSA) is 29.3 Å². The largest absolute Gasteiger partial charge is 0.389 e. The number of para-hydroxylation sites is 1. The summed E-state index contributed by atoms with van der Waals surface area (Å²) >= 11 is 5.18. The van der Waals surface area contributed by atoms with Crippen LogP contribution in [0.25, 0.3) is 0 Å². The molecule has 0 radical (unpaired) electrons. The minimum atomic E-state index is 0.492. The summed E-state index contributed by atoms with van der Waals surface area (Å²) < 4.78 is 0. The third-order valence-corrected chi connectivity index (χ3v) is 4.66. The van der Waals surface area contributed by atoms with Crippen LogP contribution >= 0.6 is 12.2 Å². The van der Waals surface area contributed by atoms with Crippen LogP contribution in [-0.2, 0) is 0 Å². The van der Waals surface area contributed by atoms with Gasteiger partial charge in [-0.3, -0.25) is 0 Å². The third-order valence-electron chi connectivity index (χ3n) is 4.44. The predicted molar refractivity (Wildman–Crippen MR) is 86.8 cm³/mol. The number of nitrogens with two attached hydrogens (primary N) is 1. The van der Waals surface area contributed by atoms with Crippen molar-refractivity contribution in [1.82, 2.24) is 0 Å². The summed E-state index contributed by atoms with van der Waals surface area (Å²) in [7, 11) is 2.19. The standard InChI is InChI=1S/C16H24N2S/c1-3-12-8-4-6-10-14(12)18(2)15-11-7-5-9-13(15)16(17)19/h5,7,9,11-12,14H,3-4,6,8,10H2,1-2H3,(H2,17,19). The van der Waals surface area contributed by atoms with E-state index in [1.165, 1.54) is 37.8 Å². The zero-order valence-electron chi connectivity index (χ0n) is 11.9. The van der Waals surface area contributed by atoms with Gasteiger partial charge in [0.25, 0.3) is 0 Å². The van der Waals surface area contributed by atoms with E-state index in [1.807, 2.05) is 12.1 Å². The average molecular weight is 276 g/mol. The number of thiocarbonyl (C=S) groups is 1. The van der Waals surface area contributed by atoms with Crippen LogP contribution in [0.4, 0.5) is 5.69 Å². The first kappa shape index (κ1) is 14.3. The molecule has 1 aliphatic carbocycles. The number of benzene rings is 1. The van der Waals surface area contributed by atoms with Crippen LogP contribution in [0.3, 0.4) is 0 Å². The van der Waals surface area contributed by atoms with E-state index in [1.54, 1.807) is 0 Å². The Bertz CT molecular complexity index is 444. The second-order valence-corrected chi connectivity index (χ2v) is 5.95. The second kappa shape index (κ2) is 6.38. The molecule has 0 heterocycles. The van der Waals surface area contributed by atoms with Crippen molar-refractivity contribution in [3.63, 3.8) is 0 Å². The van der Waals surface area contributed by atoms with E-state index in [2.05, 4.69) is 31.0 Å². The number of nitrogens with zero attached hydrogens (tertiary/aromatic N) is 1. The summed E-state index contributed by atoms with van der Waals surface area (Å²) in [4.78, 5) is 2.90. The van der Waals surface area contributed by atoms with Gasteiger partial charge in [-0.2, -0.15) is 0 Å². The molecule has 0 saturated heterocycles. The zero-order chi connectivity index (χ0) is 13.8. The summed E-state index contributed by atoms with van der Waals surface area (Å²) in [5, 5.41) is 0. The van der Waals surface area contributed by atoms with Crippen molar-refractivity contribution in [3.05, 3.63) is 29.8 Å². The van der Waals surface area contributed by atoms with Crippen LogP contribution in [0.15, 0.2) is 24.3 Å². The highest BCUT2D eigenvalue weighted by atomic mass is 32.1. The molecule has 1 fully saturated rings. The first-order valence-corrected chi connectivity index (χ1v) is 7.67. The van der Waals surface area contributed by atoms with Crippen molar-refractivity contribution in [3.8, 4) is 0 Å². The summed E-state index contributed by atoms with van der Waals surface area (Å²) in [6.07, 6.45) is 6.59. The Labute approximate surface area is 122 Å². The molecule has 1 saturated carbocycles. The number of anilines is 1. The van der Waals surface area contributed by atoms with E-state index < -0.39 is 0 Å². The van der Waals surface area contributed by atoms with Gasteiger partial charge in [0.1, 0.15) is 4.99 Å². The molecule has 104 valence electrons. The minimum Gasteiger partial charge on any atom is -0.389 e. The van der Waals surface area contributed by atoms with Crippen molar-refractivity contribution in [2.45, 2.75) is 45.1 Å². The lowest BCUT2D eigenvalue weighted by atomic mass is 9.82. The molecule has 2 N–H and O–H groups in total. The van der Waals surface area contributed by atoms with Crippen molar-refractivity contribution in [2.24, 2.45) is 11.7 Å². The highest BCUT2D eigenvalue weighted by molar-refractivity contribution is 7.80. The lowest BCUT2D eigenvalue weighted by Gasteiger charge is -2.39. The van der Waals surface area contributed by atoms with Gasteiger partial charge in [-0.1, -0.05) is 50.5 Å². The Kier molecular flexibility index (Phi) is 4.81. The summed E-state index contributed by atoms with van der Waals surface area (Å²) in [6.45, 7) is 2.30. The summed E-state index contributed by atoms with van der Waals surface area (Å²) in [5.41, 5.74) is 8.04. The van der Waals surface area contributed by atoms with Crippen molar-refractivity contribution < 1.29 is 0 Å². The molecular weight excluding hydrogens is 252 g/mol. The van der Waals surface area contributed by atoms with E-state index in [0.717, 1.165) is 11.5 Å². The van der Waals surface area contributed by atoms with Crippen LogP contribution in [0.1, 0.15) is 44.6 Å². The Balaban J connectivity index is 2.27. The van der Waals surface area contributed by atoms with Crippen molar-refractivity contribution in [1.29, 1.82) is 0 Å². The monoisotopic (exact) mass is 276 g/mol. The molecule has 1 aromatic rings. The van der Waals surface area contributed by atoms with E-state index >= 15 is 0 Å². The highest BCUT2D eigenvalue weighted by Gasteiger charge is 2.28. The maximum absolute atomic E-state index is 5.85. The molecule has 0 aromatic heterocycles. The molecule has 1 aliphatic rings. The van der Waals surface area contributed by atoms with Gasteiger partial charge in [0.2, 0.25) is 0 Å². The molecule has 1 aromatic carbocycles. The number of hydrogen-bond acceptors (Lipinski definition) is 2. The van der Waals surface area contributed by atoms with E-state index in [0.29, 0.717) is 11.0 Å². The first-order valence-electron chi connectivity index (χ1n) is 7.26. The summed E-state index contributed by atoms with van der Waals surface area (Å²) in [5.74, 6) is 0.790. The predicted octanol–water partition coefficient (Wildman–Crippen LogP) is 3.73. The van der Waals surface area contributed by atoms with Crippen LogP contribution in [0, 0.1) is 5.92 Å². The van der Waals surface area contributed by atoms with Gasteiger partial charge in [-0.15, -0.1) is 0 Å². The molecule has 0 spiro atoms. The molecule has 2 unspecified atom stereocenters. The molecule has 0 bridgehead atoms. The van der Waals surface area contributed by atoms with Crippen molar-refractivity contribution in [2.75, 3.05) is 11.9 Å². The number of rotatable bonds is 4. The van der Waals surface area contributed by atoms with Crippen molar-refractivity contribution >= 4 is 22.9 Å². The van der Waals surface area contributed by atoms with Gasteiger partial charge in [0.05, 0.1) is 0 Å². The van der Waals surface area contributed by atoms with Crippen LogP contribution in [0.2, 0.25) is 0 Å². The smallest absolute Gasteiger partial charge is 0.106 e. The van der Waals surface area contributed by atoms with Gasteiger partial charge < -0.3 is 10.6 Å². The van der Waals surface area contributed by atoms with E-state index in [9.17, 15) is 0 Å². The molecule has 2 rings (SSSR count). The normalized spacial score (nSPS) is 23.1. The SMILES string of the molecule is CCC1CCCCC1N(C)c1ccccc1C(N)=S. The van der Waals surface area contributed by atoms with Gasteiger partial charge in [-0.05, 0) is 30.9 Å². The van der Waals surface area contributed by atoms with E-state index in [-0.39, 0.29) is 0 Å². The molecule has 2 atom stereocenters. The fourth-order valence-electron chi connectivity index (χ4n) is 3.34. The number of hydrogen-bond donors (Lipinski definition) is 1. The van der Waals surface area contributed by atoms with Gasteiger partial charge in [-0.25, -0.2) is 0 Å². The van der Waals surface area contributed by atoms with Crippen LogP contribution < -0.4 is 10.6 Å². The Hall–Kier alpha value is -1.09. The average Bonchev–Trinajstić information content (AvgIpc) is 2.46. The lowest BCUT2D eigenvalue weighted by Crippen LogP contribution is -2.40. The van der Waals surface area contributed by atoms with Crippen LogP contribution in [-0.4, -0.2) is 18.1 Å². The summed E-state index contributed by atoms with van der Waals surface area (Å²) in [6, 6.07) is 8.85. The zero-order valence-corrected chi connectivity index (χ0v) is 12.7. The Morgan fingerprint density at radius 3 is 2.68 bits per heavy atom. The molecule has 0 aliphatic heterocycles. The maximum atomic E-state index is 5.85. The molecular formula is C16H24N2S. The minimum absolute atomic E-state index is 0.492. The molecule has 0 amide bonds. The molecule has 2 nitrogen and oxygen atoms in total. The van der Waals surface area contributed by atoms with E-state index in [4.69, 9.17) is 18.0 Å². The van der Waals surface area contributed by atoms with Crippen LogP contribution in [0.5, 0.6) is 0 Å². The molecule has 19 heavy (non-hydrogen) atoms. The van der Waals surface area contributed by atoms with Gasteiger partial charge in [0.15, 0.2) is 0 Å². The fourth-order valence-corrected chi connectivity index (χ4v) is 3.51.